The number of ether oxygens (including phenoxy) is 1. The van der Waals surface area contributed by atoms with Gasteiger partial charge in [-0.2, -0.15) is 11.8 Å². The van der Waals surface area contributed by atoms with Gasteiger partial charge in [-0.15, -0.1) is 0 Å². The molecule has 0 aromatic heterocycles. The molecule has 0 aliphatic carbocycles. The molecule has 0 bridgehead atoms. The number of hydrogen-bond donors (Lipinski definition) is 1. The zero-order chi connectivity index (χ0) is 17.2. The van der Waals surface area contributed by atoms with Crippen LogP contribution in [0.15, 0.2) is 40.9 Å². The molecule has 2 rings (SSSR count). The van der Waals surface area contributed by atoms with E-state index in [1.807, 2.05) is 6.26 Å². The minimum atomic E-state index is -0.521. The Hall–Kier alpha value is -1.53. The summed E-state index contributed by atoms with van der Waals surface area (Å²) in [5, 5.41) is 4.97. The number of aryl methyl sites for hydroxylation is 1. The lowest BCUT2D eigenvalue weighted by Gasteiger charge is -2.10. The molecule has 0 aliphatic rings. The van der Waals surface area contributed by atoms with Crippen LogP contribution in [0.3, 0.4) is 0 Å². The molecule has 4 nitrogen and oxygen atoms in total. The number of nitrogens with one attached hydrogen (secondary N) is 1. The second kappa shape index (κ2) is 10.3. The van der Waals surface area contributed by atoms with Crippen LogP contribution in [-0.4, -0.2) is 37.5 Å². The van der Waals surface area contributed by atoms with Crippen molar-refractivity contribution in [2.75, 3.05) is 19.1 Å². The second-order valence-corrected chi connectivity index (χ2v) is 6.49. The zero-order valence-electron chi connectivity index (χ0n) is 13.3. The van der Waals surface area contributed by atoms with E-state index in [2.05, 4.69) is 69.3 Å². The molecule has 1 N–H and O–H groups in total. The van der Waals surface area contributed by atoms with Gasteiger partial charge in [0.2, 0.25) is 6.41 Å². The number of fused-ring (bicyclic) bond motifs is 1. The fourth-order valence-corrected chi connectivity index (χ4v) is 3.03. The van der Waals surface area contributed by atoms with E-state index in [4.69, 9.17) is 0 Å². The van der Waals surface area contributed by atoms with Gasteiger partial charge >= 0.3 is 5.97 Å². The summed E-state index contributed by atoms with van der Waals surface area (Å²) >= 11 is 5.00. The van der Waals surface area contributed by atoms with Crippen LogP contribution in [0.4, 0.5) is 0 Å². The highest BCUT2D eigenvalue weighted by atomic mass is 79.9. The highest BCUT2D eigenvalue weighted by Gasteiger charge is 2.16. The lowest BCUT2D eigenvalue weighted by molar-refractivity contribution is -0.143. The van der Waals surface area contributed by atoms with Crippen molar-refractivity contribution < 1.29 is 14.3 Å². The third-order valence-electron chi connectivity index (χ3n) is 3.18. The number of rotatable bonds is 5. The van der Waals surface area contributed by atoms with Gasteiger partial charge in [0.1, 0.15) is 6.04 Å². The van der Waals surface area contributed by atoms with Crippen molar-refractivity contribution in [2.24, 2.45) is 0 Å². The standard InChI is InChI=1S/C11H9Br.C6H11NO3S/c1-8-6-7-11(12)10-5-3-2-4-9(8)10;1-10-6(9)5(3-11-2)7-4-8/h2-7H,1H3;4-5H,3H2,1-2H3,(H,7,8)/t;5-/m.0/s1. The lowest BCUT2D eigenvalue weighted by Crippen LogP contribution is -2.38. The largest absolute Gasteiger partial charge is 0.467 e. The third kappa shape index (κ3) is 5.88. The molecule has 0 fully saturated rings. The molecule has 23 heavy (non-hydrogen) atoms. The maximum atomic E-state index is 10.8. The number of esters is 1. The maximum absolute atomic E-state index is 10.8. The molecule has 6 heteroatoms. The molecule has 0 saturated heterocycles. The van der Waals surface area contributed by atoms with Crippen molar-refractivity contribution in [1.82, 2.24) is 5.32 Å². The van der Waals surface area contributed by atoms with Gasteiger partial charge in [0.15, 0.2) is 0 Å². The van der Waals surface area contributed by atoms with Crippen molar-refractivity contribution in [3.05, 3.63) is 46.4 Å². The van der Waals surface area contributed by atoms with Gasteiger partial charge in [-0.1, -0.05) is 46.3 Å². The fraction of sp³-hybridized carbons (Fsp3) is 0.294. The number of carbonyl (C=O) groups is 2. The van der Waals surface area contributed by atoms with Crippen LogP contribution in [-0.2, 0) is 14.3 Å². The molecule has 124 valence electrons. The van der Waals surface area contributed by atoms with Crippen molar-refractivity contribution in [1.29, 1.82) is 0 Å². The normalized spacial score (nSPS) is 11.1. The summed E-state index contributed by atoms with van der Waals surface area (Å²) in [5.41, 5.74) is 1.33. The summed E-state index contributed by atoms with van der Waals surface area (Å²) in [6, 6.07) is 12.1. The van der Waals surface area contributed by atoms with E-state index in [9.17, 15) is 9.59 Å². The van der Waals surface area contributed by atoms with Crippen molar-refractivity contribution in [3.8, 4) is 0 Å². The first-order chi connectivity index (χ1) is 11.0. The Kier molecular flexibility index (Phi) is 8.73. The molecule has 1 amide bonds. The summed E-state index contributed by atoms with van der Waals surface area (Å²) < 4.78 is 5.61. The van der Waals surface area contributed by atoms with Crippen LogP contribution in [0.5, 0.6) is 0 Å². The molecule has 1 atom stereocenters. The Balaban J connectivity index is 0.000000232. The average Bonchev–Trinajstić information content (AvgIpc) is 2.58. The van der Waals surface area contributed by atoms with E-state index in [0.717, 1.165) is 0 Å². The monoisotopic (exact) mass is 397 g/mol. The van der Waals surface area contributed by atoms with Crippen LogP contribution in [0.2, 0.25) is 0 Å². The van der Waals surface area contributed by atoms with Crippen molar-refractivity contribution >= 4 is 50.8 Å². The Labute approximate surface area is 149 Å². The number of methoxy groups -OCH3 is 1. The van der Waals surface area contributed by atoms with E-state index < -0.39 is 12.0 Å². The Morgan fingerprint density at radius 2 is 1.96 bits per heavy atom. The third-order valence-corrected chi connectivity index (χ3v) is 4.54. The summed E-state index contributed by atoms with van der Waals surface area (Å²) in [4.78, 5) is 20.8. The molecule has 0 heterocycles. The van der Waals surface area contributed by atoms with Gasteiger partial charge < -0.3 is 10.1 Å². The quantitative estimate of drug-likeness (QED) is 0.618. The SMILES string of the molecule is COC(=O)[C@H](CSC)NC=O.Cc1ccc(Br)c2ccccc12. The van der Waals surface area contributed by atoms with Gasteiger partial charge in [0.25, 0.3) is 0 Å². The van der Waals surface area contributed by atoms with Gasteiger partial charge in [0, 0.05) is 10.2 Å². The van der Waals surface area contributed by atoms with Gasteiger partial charge in [-0.3, -0.25) is 4.79 Å². The van der Waals surface area contributed by atoms with Gasteiger partial charge in [-0.05, 0) is 35.6 Å². The topological polar surface area (TPSA) is 55.4 Å². The van der Waals surface area contributed by atoms with Gasteiger partial charge in [-0.25, -0.2) is 4.79 Å². The summed E-state index contributed by atoms with van der Waals surface area (Å²) in [5.74, 6) is 0.122. The molecular formula is C17H20BrNO3S. The number of hydrogen-bond acceptors (Lipinski definition) is 4. The summed E-state index contributed by atoms with van der Waals surface area (Å²) in [6.45, 7) is 2.13. The molecular weight excluding hydrogens is 378 g/mol. The number of halogens is 1. The predicted molar refractivity (Wildman–Crippen MR) is 99.8 cm³/mol. The second-order valence-electron chi connectivity index (χ2n) is 4.73. The van der Waals surface area contributed by atoms with E-state index >= 15 is 0 Å². The van der Waals surface area contributed by atoms with E-state index in [1.54, 1.807) is 0 Å². The molecule has 0 unspecified atom stereocenters. The number of thioether (sulfide) groups is 1. The molecule has 0 spiro atoms. The molecule has 0 saturated carbocycles. The summed E-state index contributed by atoms with van der Waals surface area (Å²) in [7, 11) is 1.29. The van der Waals surface area contributed by atoms with Crippen LogP contribution >= 0.6 is 27.7 Å². The van der Waals surface area contributed by atoms with Crippen molar-refractivity contribution in [3.63, 3.8) is 0 Å². The number of carbonyl (C=O) groups excluding carboxylic acids is 2. The minimum Gasteiger partial charge on any atom is -0.467 e. The fourth-order valence-electron chi connectivity index (χ4n) is 1.99. The number of benzene rings is 2. The van der Waals surface area contributed by atoms with E-state index in [-0.39, 0.29) is 0 Å². The Morgan fingerprint density at radius 1 is 1.30 bits per heavy atom. The van der Waals surface area contributed by atoms with E-state index in [0.29, 0.717) is 12.2 Å². The average molecular weight is 398 g/mol. The molecule has 2 aromatic rings. The first-order valence-electron chi connectivity index (χ1n) is 6.95. The Bertz CT molecular complexity index is 623. The zero-order valence-corrected chi connectivity index (χ0v) is 15.7. The first-order valence-corrected chi connectivity index (χ1v) is 9.14. The maximum Gasteiger partial charge on any atom is 0.329 e. The lowest BCUT2D eigenvalue weighted by atomic mass is 10.1. The highest BCUT2D eigenvalue weighted by Crippen LogP contribution is 2.25. The highest BCUT2D eigenvalue weighted by molar-refractivity contribution is 9.10. The minimum absolute atomic E-state index is 0.411. The van der Waals surface area contributed by atoms with Crippen LogP contribution in [0.1, 0.15) is 5.56 Å². The van der Waals surface area contributed by atoms with Crippen molar-refractivity contribution in [2.45, 2.75) is 13.0 Å². The Morgan fingerprint density at radius 3 is 2.48 bits per heavy atom. The van der Waals surface area contributed by atoms with Crippen LogP contribution in [0.25, 0.3) is 10.8 Å². The number of amides is 1. The smallest absolute Gasteiger partial charge is 0.329 e. The predicted octanol–water partition coefficient (Wildman–Crippen LogP) is 3.55. The molecule has 0 radical (unpaired) electrons. The molecule has 2 aromatic carbocycles. The summed E-state index contributed by atoms with van der Waals surface area (Å²) in [6.07, 6.45) is 2.35. The van der Waals surface area contributed by atoms with Crippen LogP contribution in [0, 0.1) is 6.92 Å². The molecule has 0 aliphatic heterocycles. The van der Waals surface area contributed by atoms with E-state index in [1.165, 1.54) is 39.7 Å². The van der Waals surface area contributed by atoms with Crippen LogP contribution < -0.4 is 5.32 Å². The first kappa shape index (κ1) is 19.5. The van der Waals surface area contributed by atoms with Gasteiger partial charge in [0.05, 0.1) is 7.11 Å².